The number of esters is 1. The number of hydrogen-bond acceptors (Lipinski definition) is 5. The first kappa shape index (κ1) is 20.6. The van der Waals surface area contributed by atoms with E-state index < -0.39 is 16.0 Å². The molecule has 0 bridgehead atoms. The first-order chi connectivity index (χ1) is 12.9. The maximum absolute atomic E-state index is 13.1. The van der Waals surface area contributed by atoms with Crippen LogP contribution in [0.25, 0.3) is 0 Å². The average Bonchev–Trinajstić information content (AvgIpc) is 2.68. The lowest BCUT2D eigenvalue weighted by Crippen LogP contribution is -2.30. The molecule has 0 saturated heterocycles. The van der Waals surface area contributed by atoms with Crippen LogP contribution in [0.15, 0.2) is 64.6 Å². The molecule has 2 aromatic carbocycles. The van der Waals surface area contributed by atoms with Gasteiger partial charge in [0.2, 0.25) is 0 Å². The molecule has 0 N–H and O–H groups in total. The lowest BCUT2D eigenvalue weighted by molar-refractivity contribution is -0.140. The van der Waals surface area contributed by atoms with Crippen molar-refractivity contribution in [1.29, 1.82) is 0 Å². The van der Waals surface area contributed by atoms with Gasteiger partial charge in [0.05, 0.1) is 30.7 Å². The summed E-state index contributed by atoms with van der Waals surface area (Å²) in [6.07, 6.45) is 0.457. The molecule has 27 heavy (non-hydrogen) atoms. The number of carbonyl (C=O) groups excluding carboxylic acids is 1. The Bertz CT molecular complexity index is 891. The van der Waals surface area contributed by atoms with Gasteiger partial charge in [0.15, 0.2) is 0 Å². The van der Waals surface area contributed by atoms with Crippen molar-refractivity contribution in [3.05, 3.63) is 65.7 Å². The second-order valence-electron chi connectivity index (χ2n) is 5.96. The van der Waals surface area contributed by atoms with Gasteiger partial charge < -0.3 is 4.74 Å². The van der Waals surface area contributed by atoms with Gasteiger partial charge in [0.25, 0.3) is 10.0 Å². The van der Waals surface area contributed by atoms with Gasteiger partial charge in [-0.1, -0.05) is 55.0 Å². The fourth-order valence-electron chi connectivity index (χ4n) is 2.44. The molecule has 7 heteroatoms. The summed E-state index contributed by atoms with van der Waals surface area (Å²) in [5.41, 5.74) is 2.41. The Hall–Kier alpha value is -2.67. The highest BCUT2D eigenvalue weighted by Gasteiger charge is 2.24. The Morgan fingerprint density at radius 2 is 1.70 bits per heavy atom. The van der Waals surface area contributed by atoms with Gasteiger partial charge in [0.1, 0.15) is 0 Å². The highest BCUT2D eigenvalue weighted by Crippen LogP contribution is 2.19. The lowest BCUT2D eigenvalue weighted by atomic mass is 10.1. The molecule has 0 aliphatic carbocycles. The molecule has 0 fully saturated rings. The van der Waals surface area contributed by atoms with Crippen LogP contribution in [-0.4, -0.2) is 38.2 Å². The van der Waals surface area contributed by atoms with Gasteiger partial charge in [-0.05, 0) is 31.0 Å². The first-order valence-corrected chi connectivity index (χ1v) is 10.1. The number of carbonyl (C=O) groups is 1. The molecule has 0 aliphatic rings. The van der Waals surface area contributed by atoms with Crippen LogP contribution in [0.2, 0.25) is 0 Å². The van der Waals surface area contributed by atoms with Crippen LogP contribution >= 0.6 is 0 Å². The van der Waals surface area contributed by atoms with Crippen LogP contribution in [0.3, 0.4) is 0 Å². The number of nitrogens with zero attached hydrogens (tertiary/aromatic N) is 2. The molecular weight excluding hydrogens is 364 g/mol. The quantitative estimate of drug-likeness (QED) is 0.395. The molecule has 0 heterocycles. The minimum Gasteiger partial charge on any atom is -0.469 e. The Kier molecular flexibility index (Phi) is 7.12. The van der Waals surface area contributed by atoms with Crippen LogP contribution in [0.1, 0.15) is 30.9 Å². The zero-order chi connectivity index (χ0) is 19.9. The SMILES string of the molecule is CCC(=NN(CCC(=O)OC)S(=O)(=O)c1ccc(C)cc1)c1ccccc1. The average molecular weight is 388 g/mol. The Labute approximate surface area is 160 Å². The third-order valence-corrected chi connectivity index (χ3v) is 5.69. The van der Waals surface area contributed by atoms with Crippen LogP contribution in [-0.2, 0) is 19.6 Å². The van der Waals surface area contributed by atoms with Gasteiger partial charge in [-0.3, -0.25) is 4.79 Å². The van der Waals surface area contributed by atoms with Crippen molar-refractivity contribution in [1.82, 2.24) is 4.41 Å². The second kappa shape index (κ2) is 9.32. The monoisotopic (exact) mass is 388 g/mol. The number of benzene rings is 2. The van der Waals surface area contributed by atoms with Gasteiger partial charge in [-0.25, -0.2) is 0 Å². The van der Waals surface area contributed by atoms with E-state index in [1.807, 2.05) is 44.2 Å². The van der Waals surface area contributed by atoms with Crippen molar-refractivity contribution in [2.75, 3.05) is 13.7 Å². The number of ether oxygens (including phenoxy) is 1. The smallest absolute Gasteiger partial charge is 0.307 e. The van der Waals surface area contributed by atoms with Crippen molar-refractivity contribution >= 4 is 21.7 Å². The van der Waals surface area contributed by atoms with Crippen molar-refractivity contribution < 1.29 is 17.9 Å². The molecule has 0 amide bonds. The fraction of sp³-hybridized carbons (Fsp3) is 0.300. The van der Waals surface area contributed by atoms with E-state index in [0.29, 0.717) is 12.1 Å². The van der Waals surface area contributed by atoms with Crippen molar-refractivity contribution in [3.63, 3.8) is 0 Å². The Balaban J connectivity index is 2.45. The van der Waals surface area contributed by atoms with Gasteiger partial charge >= 0.3 is 5.97 Å². The molecule has 0 saturated carbocycles. The third kappa shape index (κ3) is 5.40. The number of methoxy groups -OCH3 is 1. The van der Waals surface area contributed by atoms with E-state index in [1.165, 1.54) is 7.11 Å². The molecule has 0 aromatic heterocycles. The predicted octanol–water partition coefficient (Wildman–Crippen LogP) is 3.36. The van der Waals surface area contributed by atoms with Gasteiger partial charge in [-0.15, -0.1) is 0 Å². The summed E-state index contributed by atoms with van der Waals surface area (Å²) >= 11 is 0. The molecule has 0 unspecified atom stereocenters. The van der Waals surface area contributed by atoms with Crippen molar-refractivity contribution in [2.24, 2.45) is 5.10 Å². The molecule has 144 valence electrons. The molecule has 2 aromatic rings. The number of aryl methyl sites for hydroxylation is 1. The minimum atomic E-state index is -3.90. The van der Waals surface area contributed by atoms with Gasteiger partial charge in [-0.2, -0.15) is 17.9 Å². The zero-order valence-electron chi connectivity index (χ0n) is 15.8. The van der Waals surface area contributed by atoms with Gasteiger partial charge in [0, 0.05) is 0 Å². The van der Waals surface area contributed by atoms with Crippen molar-refractivity contribution in [2.45, 2.75) is 31.6 Å². The normalized spacial score (nSPS) is 11.9. The number of rotatable bonds is 8. The zero-order valence-corrected chi connectivity index (χ0v) is 16.6. The number of hydrazone groups is 1. The first-order valence-electron chi connectivity index (χ1n) is 8.67. The summed E-state index contributed by atoms with van der Waals surface area (Å²) in [7, 11) is -2.63. The molecule has 0 aliphatic heterocycles. The van der Waals surface area contributed by atoms with Crippen molar-refractivity contribution in [3.8, 4) is 0 Å². The number of hydrogen-bond donors (Lipinski definition) is 0. The minimum absolute atomic E-state index is 0.0864. The van der Waals surface area contributed by atoms with E-state index in [2.05, 4.69) is 9.84 Å². The van der Waals surface area contributed by atoms with E-state index in [9.17, 15) is 13.2 Å². The predicted molar refractivity (Wildman–Crippen MR) is 105 cm³/mol. The Morgan fingerprint density at radius 1 is 1.07 bits per heavy atom. The maximum atomic E-state index is 13.1. The van der Waals surface area contributed by atoms with Crippen LogP contribution in [0.5, 0.6) is 0 Å². The summed E-state index contributed by atoms with van der Waals surface area (Å²) in [6.45, 7) is 3.69. The molecule has 0 spiro atoms. The third-order valence-electron chi connectivity index (χ3n) is 4.01. The molecule has 0 atom stereocenters. The molecule has 2 rings (SSSR count). The van der Waals surface area contributed by atoms with E-state index in [4.69, 9.17) is 0 Å². The van der Waals surface area contributed by atoms with E-state index >= 15 is 0 Å². The standard InChI is InChI=1S/C20H24N2O4S/c1-4-19(17-8-6-5-7-9-17)21-22(15-14-20(23)26-3)27(24,25)18-12-10-16(2)11-13-18/h5-13H,4,14-15H2,1-3H3. The van der Waals surface area contributed by atoms with E-state index in [1.54, 1.807) is 24.3 Å². The van der Waals surface area contributed by atoms with Crippen LogP contribution < -0.4 is 0 Å². The topological polar surface area (TPSA) is 76.0 Å². The maximum Gasteiger partial charge on any atom is 0.307 e. The van der Waals surface area contributed by atoms with Crippen LogP contribution in [0.4, 0.5) is 0 Å². The summed E-state index contributed by atoms with van der Waals surface area (Å²) < 4.78 is 31.8. The molecule has 6 nitrogen and oxygen atoms in total. The summed E-state index contributed by atoms with van der Waals surface area (Å²) in [4.78, 5) is 11.7. The molecule has 0 radical (unpaired) electrons. The summed E-state index contributed by atoms with van der Waals surface area (Å²) in [6, 6.07) is 15.9. The number of sulfonamides is 1. The fourth-order valence-corrected chi connectivity index (χ4v) is 3.70. The van der Waals surface area contributed by atoms with E-state index in [0.717, 1.165) is 15.5 Å². The highest BCUT2D eigenvalue weighted by atomic mass is 32.2. The Morgan fingerprint density at radius 3 is 2.26 bits per heavy atom. The summed E-state index contributed by atoms with van der Waals surface area (Å²) in [5.74, 6) is -0.493. The van der Waals surface area contributed by atoms with E-state index in [-0.39, 0.29) is 17.9 Å². The largest absolute Gasteiger partial charge is 0.469 e. The lowest BCUT2D eigenvalue weighted by Gasteiger charge is -2.20. The second-order valence-corrected chi connectivity index (χ2v) is 7.80. The summed E-state index contributed by atoms with van der Waals surface area (Å²) in [5, 5.41) is 4.40. The molecular formula is C20H24N2O4S. The van der Waals surface area contributed by atoms with Crippen LogP contribution in [0, 0.1) is 6.92 Å². The highest BCUT2D eigenvalue weighted by molar-refractivity contribution is 7.89.